The molecule has 0 amide bonds. The molecule has 1 aliphatic heterocycles. The molecule has 0 spiro atoms. The van der Waals surface area contributed by atoms with E-state index in [1.165, 1.54) is 0 Å². The van der Waals surface area contributed by atoms with Gasteiger partial charge in [-0.25, -0.2) is 4.98 Å². The highest BCUT2D eigenvalue weighted by Gasteiger charge is 2.32. The molecule has 2 heterocycles. The van der Waals surface area contributed by atoms with Crippen molar-refractivity contribution in [3.05, 3.63) is 17.7 Å². The number of hydrogen-bond acceptors (Lipinski definition) is 4. The quantitative estimate of drug-likeness (QED) is 0.927. The fourth-order valence-corrected chi connectivity index (χ4v) is 2.21. The number of ether oxygens (including phenoxy) is 1. The highest BCUT2D eigenvalue weighted by Crippen LogP contribution is 2.33. The summed E-state index contributed by atoms with van der Waals surface area (Å²) in [7, 11) is 0. The van der Waals surface area contributed by atoms with E-state index in [4.69, 9.17) is 4.74 Å². The summed E-state index contributed by atoms with van der Waals surface area (Å²) in [6.07, 6.45) is -3.57. The molecule has 1 fully saturated rings. The van der Waals surface area contributed by atoms with E-state index in [-0.39, 0.29) is 11.9 Å². The van der Waals surface area contributed by atoms with E-state index in [0.717, 1.165) is 18.6 Å². The Morgan fingerprint density at radius 1 is 1.43 bits per heavy atom. The Bertz CT molecular complexity index is 479. The van der Waals surface area contributed by atoms with E-state index >= 15 is 0 Å². The minimum Gasteiger partial charge on any atom is -0.375 e. The van der Waals surface area contributed by atoms with E-state index in [0.29, 0.717) is 32.1 Å². The standard InChI is InChI=1S/C14H20F3N3O/c1-3-4-18-12-7-11(14(15,16)17)8-13(19-12)20-5-6-21-10(2)9-20/h7-8,10H,3-6,9H2,1-2H3,(H,18,19). The first-order valence-corrected chi connectivity index (χ1v) is 7.10. The molecule has 0 aliphatic carbocycles. The average molecular weight is 303 g/mol. The van der Waals surface area contributed by atoms with Crippen LogP contribution in [0.3, 0.4) is 0 Å². The molecule has 1 aromatic rings. The first kappa shape index (κ1) is 15.9. The lowest BCUT2D eigenvalue weighted by atomic mass is 10.2. The van der Waals surface area contributed by atoms with Gasteiger partial charge in [0.1, 0.15) is 11.6 Å². The van der Waals surface area contributed by atoms with E-state index < -0.39 is 11.7 Å². The third kappa shape index (κ3) is 4.23. The van der Waals surface area contributed by atoms with E-state index in [1.807, 2.05) is 18.7 Å². The Morgan fingerprint density at radius 2 is 2.19 bits per heavy atom. The highest BCUT2D eigenvalue weighted by atomic mass is 19.4. The molecule has 21 heavy (non-hydrogen) atoms. The largest absolute Gasteiger partial charge is 0.416 e. The summed E-state index contributed by atoms with van der Waals surface area (Å²) in [5, 5.41) is 2.93. The number of anilines is 2. The van der Waals surface area contributed by atoms with Gasteiger partial charge in [0, 0.05) is 19.6 Å². The fourth-order valence-electron chi connectivity index (χ4n) is 2.21. The van der Waals surface area contributed by atoms with Crippen LogP contribution >= 0.6 is 0 Å². The topological polar surface area (TPSA) is 37.4 Å². The molecule has 0 saturated carbocycles. The van der Waals surface area contributed by atoms with E-state index in [1.54, 1.807) is 0 Å². The van der Waals surface area contributed by atoms with Crippen molar-refractivity contribution in [2.45, 2.75) is 32.5 Å². The molecule has 4 nitrogen and oxygen atoms in total. The second-order valence-corrected chi connectivity index (χ2v) is 5.15. The first-order chi connectivity index (χ1) is 9.90. The number of alkyl halides is 3. The van der Waals surface area contributed by atoms with Crippen LogP contribution in [0.1, 0.15) is 25.8 Å². The van der Waals surface area contributed by atoms with Crippen molar-refractivity contribution >= 4 is 11.6 Å². The van der Waals surface area contributed by atoms with Gasteiger partial charge in [-0.15, -0.1) is 0 Å². The van der Waals surface area contributed by atoms with Gasteiger partial charge < -0.3 is 15.0 Å². The van der Waals surface area contributed by atoms with Crippen LogP contribution in [0, 0.1) is 0 Å². The summed E-state index contributed by atoms with van der Waals surface area (Å²) in [5.74, 6) is 0.611. The zero-order valence-electron chi connectivity index (χ0n) is 12.2. The van der Waals surface area contributed by atoms with Gasteiger partial charge in [-0.3, -0.25) is 0 Å². The van der Waals surface area contributed by atoms with Gasteiger partial charge in [-0.05, 0) is 25.5 Å². The fraction of sp³-hybridized carbons (Fsp3) is 0.643. The zero-order chi connectivity index (χ0) is 15.5. The summed E-state index contributed by atoms with van der Waals surface area (Å²) in [6.45, 7) is 6.03. The van der Waals surface area contributed by atoms with Gasteiger partial charge in [-0.2, -0.15) is 13.2 Å². The zero-order valence-corrected chi connectivity index (χ0v) is 12.2. The molecule has 1 N–H and O–H groups in total. The monoisotopic (exact) mass is 303 g/mol. The molecule has 0 bridgehead atoms. The van der Waals surface area contributed by atoms with Crippen molar-refractivity contribution in [3.8, 4) is 0 Å². The Balaban J connectivity index is 2.30. The second kappa shape index (κ2) is 6.51. The Hall–Kier alpha value is -1.50. The average Bonchev–Trinajstić information content (AvgIpc) is 2.44. The van der Waals surface area contributed by atoms with Crippen LogP contribution in [0.4, 0.5) is 24.8 Å². The third-order valence-corrected chi connectivity index (χ3v) is 3.26. The minimum absolute atomic E-state index is 0.0119. The summed E-state index contributed by atoms with van der Waals surface area (Å²) in [4.78, 5) is 6.14. The first-order valence-electron chi connectivity index (χ1n) is 7.10. The molecular weight excluding hydrogens is 283 g/mol. The SMILES string of the molecule is CCCNc1cc(C(F)(F)F)cc(N2CCOC(C)C2)n1. The van der Waals surface area contributed by atoms with Crippen molar-refractivity contribution in [2.75, 3.05) is 36.5 Å². The van der Waals surface area contributed by atoms with Crippen LogP contribution in [-0.4, -0.2) is 37.3 Å². The van der Waals surface area contributed by atoms with Gasteiger partial charge in [0.25, 0.3) is 0 Å². The molecule has 1 aliphatic rings. The lowest BCUT2D eigenvalue weighted by Gasteiger charge is -2.32. The molecule has 7 heteroatoms. The Morgan fingerprint density at radius 3 is 2.81 bits per heavy atom. The maximum absolute atomic E-state index is 13.0. The lowest BCUT2D eigenvalue weighted by molar-refractivity contribution is -0.137. The summed E-state index contributed by atoms with van der Waals surface area (Å²) < 4.78 is 44.5. The van der Waals surface area contributed by atoms with Crippen molar-refractivity contribution in [1.29, 1.82) is 0 Å². The van der Waals surface area contributed by atoms with Crippen LogP contribution in [-0.2, 0) is 10.9 Å². The van der Waals surface area contributed by atoms with E-state index in [9.17, 15) is 13.2 Å². The lowest BCUT2D eigenvalue weighted by Crippen LogP contribution is -2.41. The van der Waals surface area contributed by atoms with Crippen molar-refractivity contribution in [2.24, 2.45) is 0 Å². The maximum atomic E-state index is 13.0. The Kier molecular flexibility index (Phi) is 4.92. The summed E-state index contributed by atoms with van der Waals surface area (Å²) >= 11 is 0. The highest BCUT2D eigenvalue weighted by molar-refractivity contribution is 5.51. The molecule has 1 unspecified atom stereocenters. The number of rotatable bonds is 4. The van der Waals surface area contributed by atoms with Crippen LogP contribution in [0.5, 0.6) is 0 Å². The van der Waals surface area contributed by atoms with Crippen molar-refractivity contribution in [1.82, 2.24) is 4.98 Å². The number of pyridine rings is 1. The molecule has 0 radical (unpaired) electrons. The maximum Gasteiger partial charge on any atom is 0.416 e. The second-order valence-electron chi connectivity index (χ2n) is 5.15. The van der Waals surface area contributed by atoms with E-state index in [2.05, 4.69) is 10.3 Å². The van der Waals surface area contributed by atoms with Gasteiger partial charge in [0.15, 0.2) is 0 Å². The molecule has 0 aromatic carbocycles. The Labute approximate surface area is 122 Å². The minimum atomic E-state index is -4.38. The van der Waals surface area contributed by atoms with Crippen LogP contribution in [0.25, 0.3) is 0 Å². The number of aromatic nitrogens is 1. The summed E-state index contributed by atoms with van der Waals surface area (Å²) in [6, 6.07) is 2.16. The molecule has 1 saturated heterocycles. The predicted molar refractivity (Wildman–Crippen MR) is 75.6 cm³/mol. The number of halogens is 3. The van der Waals surface area contributed by atoms with Gasteiger partial charge in [-0.1, -0.05) is 6.92 Å². The van der Waals surface area contributed by atoms with Crippen LogP contribution in [0.2, 0.25) is 0 Å². The van der Waals surface area contributed by atoms with Crippen molar-refractivity contribution in [3.63, 3.8) is 0 Å². The number of nitrogens with zero attached hydrogens (tertiary/aromatic N) is 2. The number of hydrogen-bond donors (Lipinski definition) is 1. The number of nitrogens with one attached hydrogen (secondary N) is 1. The molecule has 2 rings (SSSR count). The molecule has 118 valence electrons. The third-order valence-electron chi connectivity index (χ3n) is 3.26. The predicted octanol–water partition coefficient (Wildman–Crippen LogP) is 3.15. The van der Waals surface area contributed by atoms with Crippen LogP contribution < -0.4 is 10.2 Å². The number of morpholine rings is 1. The molecule has 1 atom stereocenters. The van der Waals surface area contributed by atoms with Gasteiger partial charge >= 0.3 is 6.18 Å². The summed E-state index contributed by atoms with van der Waals surface area (Å²) in [5.41, 5.74) is -0.676. The van der Waals surface area contributed by atoms with Crippen molar-refractivity contribution < 1.29 is 17.9 Å². The van der Waals surface area contributed by atoms with Gasteiger partial charge in [0.2, 0.25) is 0 Å². The smallest absolute Gasteiger partial charge is 0.375 e. The molecular formula is C14H20F3N3O. The van der Waals surface area contributed by atoms with Gasteiger partial charge in [0.05, 0.1) is 18.3 Å². The normalized spacial score (nSPS) is 19.7. The molecule has 1 aromatic heterocycles. The van der Waals surface area contributed by atoms with Crippen LogP contribution in [0.15, 0.2) is 12.1 Å².